The minimum Gasteiger partial charge on any atom is -0.381 e. The van der Waals surface area contributed by atoms with E-state index in [0.29, 0.717) is 17.4 Å². The summed E-state index contributed by atoms with van der Waals surface area (Å²) in [5.41, 5.74) is 6.77. The molecule has 1 saturated heterocycles. The zero-order chi connectivity index (χ0) is 10.9. The Morgan fingerprint density at radius 1 is 1.27 bits per heavy atom. The Kier molecular flexibility index (Phi) is 3.36. The van der Waals surface area contributed by atoms with Crippen molar-refractivity contribution in [2.75, 3.05) is 13.2 Å². The maximum absolute atomic E-state index is 6.28. The van der Waals surface area contributed by atoms with E-state index in [1.165, 1.54) is 32.1 Å². The fourth-order valence-electron chi connectivity index (χ4n) is 3.28. The van der Waals surface area contributed by atoms with Gasteiger partial charge in [-0.3, -0.25) is 0 Å². The molecule has 1 aliphatic carbocycles. The minimum atomic E-state index is 0.421. The van der Waals surface area contributed by atoms with Crippen molar-refractivity contribution in [2.24, 2.45) is 23.0 Å². The predicted molar refractivity (Wildman–Crippen MR) is 62.6 cm³/mol. The smallest absolute Gasteiger partial charge is 0.0497 e. The summed E-state index contributed by atoms with van der Waals surface area (Å²) in [6.07, 6.45) is 6.34. The van der Waals surface area contributed by atoms with Crippen LogP contribution in [0.4, 0.5) is 0 Å². The number of rotatable bonds is 1. The van der Waals surface area contributed by atoms with E-state index in [1.807, 2.05) is 0 Å². The van der Waals surface area contributed by atoms with Gasteiger partial charge in [-0.05, 0) is 49.4 Å². The molecule has 2 nitrogen and oxygen atoms in total. The van der Waals surface area contributed by atoms with Gasteiger partial charge in [-0.15, -0.1) is 0 Å². The van der Waals surface area contributed by atoms with Gasteiger partial charge in [-0.1, -0.05) is 13.8 Å². The Hall–Kier alpha value is -0.0800. The molecule has 2 heteroatoms. The molecule has 1 aliphatic heterocycles. The largest absolute Gasteiger partial charge is 0.381 e. The lowest BCUT2D eigenvalue weighted by Gasteiger charge is -2.43. The van der Waals surface area contributed by atoms with Crippen LogP contribution in [0.5, 0.6) is 0 Å². The molecule has 2 fully saturated rings. The maximum Gasteiger partial charge on any atom is 0.0497 e. The normalized spacial score (nSPS) is 41.4. The third-order valence-electron chi connectivity index (χ3n) is 4.29. The molecule has 15 heavy (non-hydrogen) atoms. The average molecular weight is 211 g/mol. The summed E-state index contributed by atoms with van der Waals surface area (Å²) in [6.45, 7) is 6.68. The molecule has 0 aromatic carbocycles. The molecule has 0 aromatic rings. The summed E-state index contributed by atoms with van der Waals surface area (Å²) in [7, 11) is 0. The van der Waals surface area contributed by atoms with Gasteiger partial charge < -0.3 is 10.5 Å². The van der Waals surface area contributed by atoms with Crippen LogP contribution in [0.25, 0.3) is 0 Å². The van der Waals surface area contributed by atoms with Gasteiger partial charge in [0, 0.05) is 19.3 Å². The van der Waals surface area contributed by atoms with Crippen LogP contribution in [0.3, 0.4) is 0 Å². The predicted octanol–water partition coefficient (Wildman–Crippen LogP) is 2.57. The van der Waals surface area contributed by atoms with Gasteiger partial charge >= 0.3 is 0 Å². The van der Waals surface area contributed by atoms with Gasteiger partial charge in [-0.2, -0.15) is 0 Å². The van der Waals surface area contributed by atoms with Crippen LogP contribution in [0.15, 0.2) is 0 Å². The Labute approximate surface area is 93.6 Å². The van der Waals surface area contributed by atoms with Crippen LogP contribution in [0.1, 0.15) is 46.0 Å². The van der Waals surface area contributed by atoms with Crippen LogP contribution in [0.2, 0.25) is 0 Å². The van der Waals surface area contributed by atoms with Crippen molar-refractivity contribution in [3.63, 3.8) is 0 Å². The van der Waals surface area contributed by atoms with E-state index in [2.05, 4.69) is 13.8 Å². The molecule has 2 aliphatic rings. The Morgan fingerprint density at radius 3 is 2.73 bits per heavy atom. The van der Waals surface area contributed by atoms with Gasteiger partial charge in [0.25, 0.3) is 0 Å². The fourth-order valence-corrected chi connectivity index (χ4v) is 3.28. The number of ether oxygens (including phenoxy) is 1. The lowest BCUT2D eigenvalue weighted by Crippen LogP contribution is -2.44. The van der Waals surface area contributed by atoms with E-state index in [1.54, 1.807) is 0 Å². The van der Waals surface area contributed by atoms with Gasteiger partial charge in [0.1, 0.15) is 0 Å². The fraction of sp³-hybridized carbons (Fsp3) is 1.00. The van der Waals surface area contributed by atoms with Crippen molar-refractivity contribution in [2.45, 2.75) is 52.0 Å². The first-order valence-electron chi connectivity index (χ1n) is 6.42. The Bertz CT molecular complexity index is 209. The molecule has 0 bridgehead atoms. The van der Waals surface area contributed by atoms with E-state index in [9.17, 15) is 0 Å². The second kappa shape index (κ2) is 4.42. The zero-order valence-corrected chi connectivity index (χ0v) is 10.2. The number of hydrogen-bond donors (Lipinski definition) is 1. The van der Waals surface area contributed by atoms with Crippen molar-refractivity contribution in [1.82, 2.24) is 0 Å². The summed E-state index contributed by atoms with van der Waals surface area (Å²) in [5.74, 6) is 1.43. The SMILES string of the molecule is CC1(C)CCC(N)C(C2CCCOC2)C1. The van der Waals surface area contributed by atoms with Gasteiger partial charge in [0.2, 0.25) is 0 Å². The van der Waals surface area contributed by atoms with E-state index < -0.39 is 0 Å². The van der Waals surface area contributed by atoms with Crippen molar-refractivity contribution in [3.05, 3.63) is 0 Å². The molecule has 0 radical (unpaired) electrons. The van der Waals surface area contributed by atoms with Crippen molar-refractivity contribution in [1.29, 1.82) is 0 Å². The first-order valence-corrected chi connectivity index (χ1v) is 6.42. The van der Waals surface area contributed by atoms with E-state index >= 15 is 0 Å². The van der Waals surface area contributed by atoms with Crippen LogP contribution in [0, 0.1) is 17.3 Å². The van der Waals surface area contributed by atoms with E-state index in [4.69, 9.17) is 10.5 Å². The van der Waals surface area contributed by atoms with Crippen molar-refractivity contribution < 1.29 is 4.74 Å². The molecule has 2 rings (SSSR count). The average Bonchev–Trinajstić information content (AvgIpc) is 2.23. The van der Waals surface area contributed by atoms with Crippen LogP contribution >= 0.6 is 0 Å². The standard InChI is InChI=1S/C13H25NO/c1-13(2)6-5-12(14)11(8-13)10-4-3-7-15-9-10/h10-12H,3-9,14H2,1-2H3. The molecule has 88 valence electrons. The topological polar surface area (TPSA) is 35.2 Å². The second-order valence-electron chi connectivity index (χ2n) is 6.21. The molecule has 0 amide bonds. The lowest BCUT2D eigenvalue weighted by molar-refractivity contribution is 0.000422. The highest BCUT2D eigenvalue weighted by atomic mass is 16.5. The van der Waals surface area contributed by atoms with Gasteiger partial charge in [0.05, 0.1) is 0 Å². The van der Waals surface area contributed by atoms with Crippen LogP contribution in [-0.2, 0) is 4.74 Å². The number of hydrogen-bond acceptors (Lipinski definition) is 2. The lowest BCUT2D eigenvalue weighted by atomic mass is 9.65. The molecule has 1 saturated carbocycles. The minimum absolute atomic E-state index is 0.421. The molecule has 3 atom stereocenters. The maximum atomic E-state index is 6.28. The third-order valence-corrected chi connectivity index (χ3v) is 4.29. The second-order valence-corrected chi connectivity index (χ2v) is 6.21. The van der Waals surface area contributed by atoms with Crippen molar-refractivity contribution >= 4 is 0 Å². The van der Waals surface area contributed by atoms with Gasteiger partial charge in [-0.25, -0.2) is 0 Å². The first kappa shape index (κ1) is 11.4. The third kappa shape index (κ3) is 2.73. The summed E-state index contributed by atoms with van der Waals surface area (Å²) in [6, 6.07) is 0.421. The van der Waals surface area contributed by atoms with E-state index in [-0.39, 0.29) is 0 Å². The monoisotopic (exact) mass is 211 g/mol. The van der Waals surface area contributed by atoms with Crippen LogP contribution in [-0.4, -0.2) is 19.3 Å². The highest BCUT2D eigenvalue weighted by molar-refractivity contribution is 4.90. The molecular weight excluding hydrogens is 186 g/mol. The molecule has 2 N–H and O–H groups in total. The summed E-state index contributed by atoms with van der Waals surface area (Å²) in [4.78, 5) is 0. The Balaban J connectivity index is 1.98. The zero-order valence-electron chi connectivity index (χ0n) is 10.2. The molecule has 1 heterocycles. The van der Waals surface area contributed by atoms with Crippen LogP contribution < -0.4 is 5.73 Å². The summed E-state index contributed by atoms with van der Waals surface area (Å²) >= 11 is 0. The number of nitrogens with two attached hydrogens (primary N) is 1. The highest BCUT2D eigenvalue weighted by Gasteiger charge is 2.37. The Morgan fingerprint density at radius 2 is 2.07 bits per heavy atom. The molecule has 3 unspecified atom stereocenters. The molecular formula is C13H25NO. The van der Waals surface area contributed by atoms with E-state index in [0.717, 1.165) is 19.1 Å². The van der Waals surface area contributed by atoms with Gasteiger partial charge in [0.15, 0.2) is 0 Å². The molecule has 0 spiro atoms. The quantitative estimate of drug-likeness (QED) is 0.723. The molecule has 0 aromatic heterocycles. The van der Waals surface area contributed by atoms with Crippen molar-refractivity contribution in [3.8, 4) is 0 Å². The highest BCUT2D eigenvalue weighted by Crippen LogP contribution is 2.42. The summed E-state index contributed by atoms with van der Waals surface area (Å²) in [5, 5.41) is 0. The summed E-state index contributed by atoms with van der Waals surface area (Å²) < 4.78 is 5.60. The first-order chi connectivity index (χ1) is 7.08.